The lowest BCUT2D eigenvalue weighted by Gasteiger charge is -2.36. The summed E-state index contributed by atoms with van der Waals surface area (Å²) in [5.74, 6) is -0.157. The van der Waals surface area contributed by atoms with Gasteiger partial charge in [-0.3, -0.25) is 4.79 Å². The van der Waals surface area contributed by atoms with Gasteiger partial charge in [0.1, 0.15) is 6.04 Å². The number of carbonyl (C=O) groups excluding carboxylic acids is 3. The summed E-state index contributed by atoms with van der Waals surface area (Å²) >= 11 is 0.838. The van der Waals surface area contributed by atoms with Crippen molar-refractivity contribution in [1.29, 1.82) is 0 Å². The maximum atomic E-state index is 12.7. The van der Waals surface area contributed by atoms with E-state index in [0.29, 0.717) is 6.61 Å². The zero-order chi connectivity index (χ0) is 22.1. The molecule has 9 heteroatoms. The molecule has 1 unspecified atom stereocenters. The summed E-state index contributed by atoms with van der Waals surface area (Å²) in [6.07, 6.45) is -0.706. The van der Waals surface area contributed by atoms with Gasteiger partial charge in [-0.25, -0.2) is 9.59 Å². The lowest BCUT2D eigenvalue weighted by Crippen LogP contribution is -2.50. The standard InChI is InChI=1S/C19H37NO6SSi/c1-13(2)10-24-17(22)20-15(12-27-18(23)25-11-14(3)4)16(21)26-28(8,9)19(5,6)7/h13-15H,10-12H2,1-9H3,(H,20,22). The van der Waals surface area contributed by atoms with Crippen LogP contribution in [0.3, 0.4) is 0 Å². The Morgan fingerprint density at radius 1 is 0.964 bits per heavy atom. The topological polar surface area (TPSA) is 90.9 Å². The first kappa shape index (κ1) is 26.8. The molecule has 1 N–H and O–H groups in total. The molecule has 0 saturated heterocycles. The molecule has 0 aliphatic rings. The van der Waals surface area contributed by atoms with E-state index in [1.54, 1.807) is 0 Å². The Morgan fingerprint density at radius 3 is 1.93 bits per heavy atom. The summed E-state index contributed by atoms with van der Waals surface area (Å²) in [4.78, 5) is 36.6. The van der Waals surface area contributed by atoms with Crippen LogP contribution in [0, 0.1) is 11.8 Å². The van der Waals surface area contributed by atoms with Gasteiger partial charge in [0, 0.05) is 5.75 Å². The number of alkyl carbamates (subject to hydrolysis) is 1. The van der Waals surface area contributed by atoms with Crippen LogP contribution in [0.1, 0.15) is 48.5 Å². The fourth-order valence-corrected chi connectivity index (χ4v) is 3.12. The molecular formula is C19H37NO6SSi. The van der Waals surface area contributed by atoms with Gasteiger partial charge in [-0.1, -0.05) is 48.5 Å². The van der Waals surface area contributed by atoms with Crippen LogP contribution in [0.15, 0.2) is 0 Å². The minimum absolute atomic E-state index is 0.0150. The van der Waals surface area contributed by atoms with Crippen LogP contribution < -0.4 is 5.32 Å². The molecule has 1 amide bonds. The summed E-state index contributed by atoms with van der Waals surface area (Å²) in [5, 5.41) is 1.86. The van der Waals surface area contributed by atoms with Crippen LogP contribution in [0.25, 0.3) is 0 Å². The van der Waals surface area contributed by atoms with Gasteiger partial charge in [0.2, 0.25) is 0 Å². The molecule has 0 aromatic rings. The monoisotopic (exact) mass is 435 g/mol. The molecule has 0 bridgehead atoms. The molecule has 7 nitrogen and oxygen atoms in total. The third-order valence-electron chi connectivity index (χ3n) is 4.19. The first-order valence-corrected chi connectivity index (χ1v) is 13.5. The maximum Gasteiger partial charge on any atom is 0.407 e. The van der Waals surface area contributed by atoms with Gasteiger partial charge in [-0.2, -0.15) is 0 Å². The van der Waals surface area contributed by atoms with Crippen LogP contribution in [-0.4, -0.2) is 50.7 Å². The molecule has 0 aromatic carbocycles. The van der Waals surface area contributed by atoms with Crippen molar-refractivity contribution in [2.75, 3.05) is 19.0 Å². The zero-order valence-corrected chi connectivity index (χ0v) is 20.5. The first-order chi connectivity index (χ1) is 12.7. The number of hydrogen-bond acceptors (Lipinski definition) is 7. The molecule has 0 radical (unpaired) electrons. The Hall–Kier alpha value is -1.22. The lowest BCUT2D eigenvalue weighted by molar-refractivity contribution is -0.137. The van der Waals surface area contributed by atoms with Crippen LogP contribution in [0.4, 0.5) is 9.59 Å². The van der Waals surface area contributed by atoms with Crippen molar-refractivity contribution in [3.05, 3.63) is 0 Å². The van der Waals surface area contributed by atoms with Gasteiger partial charge in [0.05, 0.1) is 13.2 Å². The number of amides is 1. The second-order valence-corrected chi connectivity index (χ2v) is 14.8. The Balaban J connectivity index is 5.03. The molecule has 0 aliphatic heterocycles. The molecule has 0 saturated carbocycles. The summed E-state index contributed by atoms with van der Waals surface area (Å²) in [6.45, 7) is 18.2. The number of carbonyl (C=O) groups is 3. The summed E-state index contributed by atoms with van der Waals surface area (Å²) < 4.78 is 16.0. The van der Waals surface area contributed by atoms with E-state index in [1.807, 2.05) is 61.6 Å². The third-order valence-corrected chi connectivity index (χ3v) is 9.37. The molecule has 0 aliphatic carbocycles. The number of thioether (sulfide) groups is 1. The van der Waals surface area contributed by atoms with E-state index in [0.717, 1.165) is 11.8 Å². The normalized spacial score (nSPS) is 13.2. The fraction of sp³-hybridized carbons (Fsp3) is 0.842. The average molecular weight is 436 g/mol. The zero-order valence-electron chi connectivity index (χ0n) is 18.7. The van der Waals surface area contributed by atoms with Gasteiger partial charge in [-0.15, -0.1) is 0 Å². The van der Waals surface area contributed by atoms with Crippen molar-refractivity contribution >= 4 is 37.4 Å². The highest BCUT2D eigenvalue weighted by molar-refractivity contribution is 8.13. The van der Waals surface area contributed by atoms with Crippen molar-refractivity contribution in [2.24, 2.45) is 11.8 Å². The molecular weight excluding hydrogens is 398 g/mol. The highest BCUT2D eigenvalue weighted by atomic mass is 32.2. The summed E-state index contributed by atoms with van der Waals surface area (Å²) in [5.41, 5.74) is 0. The second-order valence-electron chi connectivity index (χ2n) is 9.14. The Morgan fingerprint density at radius 2 is 1.46 bits per heavy atom. The summed E-state index contributed by atoms with van der Waals surface area (Å²) in [7, 11) is -2.37. The predicted octanol–water partition coefficient (Wildman–Crippen LogP) is 4.81. The number of rotatable bonds is 9. The van der Waals surface area contributed by atoms with Crippen molar-refractivity contribution in [3.63, 3.8) is 0 Å². The van der Waals surface area contributed by atoms with Crippen LogP contribution >= 0.6 is 11.8 Å². The van der Waals surface area contributed by atoms with E-state index in [4.69, 9.17) is 13.9 Å². The Labute approximate surface area is 174 Å². The Kier molecular flexibility index (Phi) is 11.2. The van der Waals surface area contributed by atoms with Gasteiger partial charge < -0.3 is 19.2 Å². The van der Waals surface area contributed by atoms with E-state index < -0.39 is 31.7 Å². The number of nitrogens with one attached hydrogen (secondary N) is 1. The highest BCUT2D eigenvalue weighted by Crippen LogP contribution is 2.36. The van der Waals surface area contributed by atoms with Crippen molar-refractivity contribution in [2.45, 2.75) is 72.6 Å². The number of ether oxygens (including phenoxy) is 2. The van der Waals surface area contributed by atoms with Crippen molar-refractivity contribution < 1.29 is 28.3 Å². The van der Waals surface area contributed by atoms with Gasteiger partial charge in [0.25, 0.3) is 8.32 Å². The van der Waals surface area contributed by atoms with E-state index in [9.17, 15) is 14.4 Å². The highest BCUT2D eigenvalue weighted by Gasteiger charge is 2.42. The van der Waals surface area contributed by atoms with E-state index in [-0.39, 0.29) is 29.2 Å². The predicted molar refractivity (Wildman–Crippen MR) is 115 cm³/mol. The van der Waals surface area contributed by atoms with Crippen LogP contribution in [-0.2, 0) is 18.7 Å². The van der Waals surface area contributed by atoms with Crippen LogP contribution in [0.2, 0.25) is 18.1 Å². The summed E-state index contributed by atoms with van der Waals surface area (Å²) in [6, 6.07) is -0.995. The first-order valence-electron chi connectivity index (χ1n) is 9.61. The van der Waals surface area contributed by atoms with Crippen molar-refractivity contribution in [3.8, 4) is 0 Å². The SMILES string of the molecule is CC(C)COC(=O)NC(CSC(=O)OCC(C)C)C(=O)O[Si](C)(C)C(C)(C)C. The molecule has 164 valence electrons. The minimum Gasteiger partial charge on any atom is -0.518 e. The number of hydrogen-bond donors (Lipinski definition) is 1. The van der Waals surface area contributed by atoms with E-state index >= 15 is 0 Å². The Bertz CT molecular complexity index is 531. The van der Waals surface area contributed by atoms with Crippen molar-refractivity contribution in [1.82, 2.24) is 5.32 Å². The molecule has 0 heterocycles. The minimum atomic E-state index is -2.37. The van der Waals surface area contributed by atoms with E-state index in [2.05, 4.69) is 5.32 Å². The van der Waals surface area contributed by atoms with Crippen LogP contribution in [0.5, 0.6) is 0 Å². The smallest absolute Gasteiger partial charge is 0.407 e. The van der Waals surface area contributed by atoms with Gasteiger partial charge >= 0.3 is 17.4 Å². The fourth-order valence-electron chi connectivity index (χ4n) is 1.50. The molecule has 0 spiro atoms. The van der Waals surface area contributed by atoms with Gasteiger partial charge in [-0.05, 0) is 41.7 Å². The average Bonchev–Trinajstić information content (AvgIpc) is 2.53. The molecule has 0 rings (SSSR count). The molecule has 1 atom stereocenters. The molecule has 0 fully saturated rings. The quantitative estimate of drug-likeness (QED) is 0.410. The van der Waals surface area contributed by atoms with Gasteiger partial charge in [0.15, 0.2) is 0 Å². The largest absolute Gasteiger partial charge is 0.518 e. The molecule has 28 heavy (non-hydrogen) atoms. The third kappa shape index (κ3) is 10.9. The molecule has 0 aromatic heterocycles. The second kappa shape index (κ2) is 11.7. The van der Waals surface area contributed by atoms with E-state index in [1.165, 1.54) is 0 Å². The maximum absolute atomic E-state index is 12.7. The lowest BCUT2D eigenvalue weighted by atomic mass is 10.2.